The molecule has 2 fully saturated rings. The van der Waals surface area contributed by atoms with Crippen LogP contribution in [0.4, 0.5) is 5.82 Å². The molecule has 0 spiro atoms. The van der Waals surface area contributed by atoms with Crippen LogP contribution in [-0.4, -0.2) is 70.6 Å². The van der Waals surface area contributed by atoms with Crippen LogP contribution in [0.25, 0.3) is 33.4 Å². The number of unbranched alkanes of at least 4 members (excludes halogenated alkanes) is 5. The molecule has 2 aliphatic rings. The van der Waals surface area contributed by atoms with Gasteiger partial charge >= 0.3 is 5.69 Å². The lowest BCUT2D eigenvalue weighted by Gasteiger charge is -2.31. The molecule has 0 radical (unpaired) electrons. The van der Waals surface area contributed by atoms with Gasteiger partial charge in [-0.15, -0.1) is 10.2 Å². The third-order valence-corrected chi connectivity index (χ3v) is 11.0. The molecule has 4 N–H and O–H groups in total. The van der Waals surface area contributed by atoms with Crippen LogP contribution in [0.5, 0.6) is 5.75 Å². The number of nitrogen functional groups attached to an aromatic ring is 1. The lowest BCUT2D eigenvalue weighted by atomic mass is 9.96. The third-order valence-electron chi connectivity index (χ3n) is 11.0. The molecule has 1 unspecified atom stereocenters. The standard InChI is InChI=1S/C40H49N9O4/c1-46-37-28(12-10-14-33(37)49(40(46)53)34-16-17-36(51)43-39(34)52)11-6-4-2-3-5-9-20-47-21-18-27(19-22-47)25-48-26-29(24-42-48)31-23-32(44-45-38(31)41)30-13-7-8-15-35(30)50/h7-8,10,12-15,23-24,26-27,34,50H,2-6,9,11,16-22,25H2,1H3,(H2,41,45)(H,43,51,52). The number of carbonyl (C=O) groups excluding carboxylic acids is 2. The largest absolute Gasteiger partial charge is 0.507 e. The van der Waals surface area contributed by atoms with E-state index in [2.05, 4.69) is 31.6 Å². The van der Waals surface area contributed by atoms with E-state index < -0.39 is 11.9 Å². The minimum atomic E-state index is -0.660. The van der Waals surface area contributed by atoms with Gasteiger partial charge < -0.3 is 15.7 Å². The number of hydrogen-bond donors (Lipinski definition) is 3. The molecular weight excluding hydrogens is 670 g/mol. The average Bonchev–Trinajstić information content (AvgIpc) is 3.72. The Bertz CT molecular complexity index is 2140. The molecule has 2 amide bonds. The number of nitrogens with one attached hydrogen (secondary N) is 1. The Morgan fingerprint density at radius 2 is 1.68 bits per heavy atom. The average molecular weight is 720 g/mol. The predicted molar refractivity (Wildman–Crippen MR) is 204 cm³/mol. The SMILES string of the molecule is Cn1c(=O)n(C2CCC(=O)NC2=O)c2cccc(CCCCCCCCN3CCC(Cn4cc(-c5cc(-c6ccccc6O)nnc5N)cn4)CC3)c21. The number of fused-ring (bicyclic) bond motifs is 1. The first-order valence-electron chi connectivity index (χ1n) is 19.0. The number of nitrogens with two attached hydrogens (primary N) is 1. The zero-order valence-electron chi connectivity index (χ0n) is 30.4. The molecule has 2 aliphatic heterocycles. The number of aromatic nitrogens is 6. The Morgan fingerprint density at radius 1 is 0.906 bits per heavy atom. The van der Waals surface area contributed by atoms with Crippen molar-refractivity contribution in [3.63, 3.8) is 0 Å². The molecule has 53 heavy (non-hydrogen) atoms. The van der Waals surface area contributed by atoms with Gasteiger partial charge in [0.15, 0.2) is 5.82 Å². The number of imide groups is 1. The molecule has 0 saturated carbocycles. The van der Waals surface area contributed by atoms with E-state index in [1.165, 1.54) is 25.7 Å². The van der Waals surface area contributed by atoms with Crippen molar-refractivity contribution in [2.75, 3.05) is 25.4 Å². The summed E-state index contributed by atoms with van der Waals surface area (Å²) in [7, 11) is 1.77. The van der Waals surface area contributed by atoms with Crippen LogP contribution in [0.3, 0.4) is 0 Å². The zero-order valence-corrected chi connectivity index (χ0v) is 30.4. The van der Waals surface area contributed by atoms with Gasteiger partial charge in [-0.2, -0.15) is 5.10 Å². The van der Waals surface area contributed by atoms with E-state index in [-0.39, 0.29) is 23.8 Å². The van der Waals surface area contributed by atoms with E-state index in [9.17, 15) is 19.5 Å². The number of aryl methyl sites for hydroxylation is 2. The molecule has 0 bridgehead atoms. The number of likely N-dealkylation sites (tertiary alicyclic amines) is 1. The summed E-state index contributed by atoms with van der Waals surface area (Å²) in [6.07, 6.45) is 14.7. The maximum Gasteiger partial charge on any atom is 0.329 e. The molecule has 5 aromatic rings. The molecule has 3 aromatic heterocycles. The number of phenols is 1. The van der Waals surface area contributed by atoms with E-state index in [1.807, 2.05) is 47.4 Å². The van der Waals surface area contributed by atoms with Gasteiger partial charge in [-0.25, -0.2) is 4.79 Å². The zero-order chi connectivity index (χ0) is 36.9. The van der Waals surface area contributed by atoms with Crippen molar-refractivity contribution in [3.8, 4) is 28.1 Å². The lowest BCUT2D eigenvalue weighted by molar-refractivity contribution is -0.135. The summed E-state index contributed by atoms with van der Waals surface area (Å²) in [6.45, 7) is 4.24. The van der Waals surface area contributed by atoms with Crippen molar-refractivity contribution in [1.82, 2.24) is 39.3 Å². The summed E-state index contributed by atoms with van der Waals surface area (Å²) in [5, 5.41) is 25.6. The lowest BCUT2D eigenvalue weighted by Crippen LogP contribution is -2.44. The Labute approximate surface area is 308 Å². The fraction of sp³-hybridized carbons (Fsp3) is 0.450. The highest BCUT2D eigenvalue weighted by atomic mass is 16.3. The molecular formula is C40H49N9O4. The monoisotopic (exact) mass is 719 g/mol. The molecule has 278 valence electrons. The topological polar surface area (TPSA) is 166 Å². The van der Waals surface area contributed by atoms with Gasteiger partial charge in [-0.3, -0.25) is 28.7 Å². The number of imidazole rings is 1. The molecule has 7 rings (SSSR count). The minimum Gasteiger partial charge on any atom is -0.507 e. The van der Waals surface area contributed by atoms with Crippen LogP contribution in [0.1, 0.15) is 75.8 Å². The number of anilines is 1. The molecule has 13 heteroatoms. The first-order chi connectivity index (χ1) is 25.8. The second-order valence-electron chi connectivity index (χ2n) is 14.6. The second-order valence-corrected chi connectivity index (χ2v) is 14.6. The maximum atomic E-state index is 13.2. The van der Waals surface area contributed by atoms with Gasteiger partial charge in [0.1, 0.15) is 11.8 Å². The van der Waals surface area contributed by atoms with Crippen molar-refractivity contribution in [2.45, 2.75) is 83.2 Å². The van der Waals surface area contributed by atoms with Crippen molar-refractivity contribution in [1.29, 1.82) is 0 Å². The summed E-state index contributed by atoms with van der Waals surface area (Å²) < 4.78 is 5.22. The fourth-order valence-corrected chi connectivity index (χ4v) is 8.02. The Balaban J connectivity index is 0.808. The number of nitrogens with zero attached hydrogens (tertiary/aromatic N) is 7. The smallest absolute Gasteiger partial charge is 0.329 e. The van der Waals surface area contributed by atoms with Gasteiger partial charge in [0, 0.05) is 42.9 Å². The van der Waals surface area contributed by atoms with E-state index >= 15 is 0 Å². The van der Waals surface area contributed by atoms with Crippen LogP contribution in [0, 0.1) is 5.92 Å². The van der Waals surface area contributed by atoms with Crippen molar-refractivity contribution >= 4 is 28.7 Å². The Hall–Kier alpha value is -5.30. The number of carbonyl (C=O) groups is 2. The van der Waals surface area contributed by atoms with Crippen LogP contribution in [0.2, 0.25) is 0 Å². The number of amides is 2. The van der Waals surface area contributed by atoms with E-state index in [4.69, 9.17) is 5.73 Å². The number of rotatable bonds is 14. The molecule has 5 heterocycles. The van der Waals surface area contributed by atoms with Crippen molar-refractivity contribution in [2.24, 2.45) is 13.0 Å². The highest BCUT2D eigenvalue weighted by Gasteiger charge is 2.31. The summed E-state index contributed by atoms with van der Waals surface area (Å²) in [6, 6.07) is 14.2. The summed E-state index contributed by atoms with van der Waals surface area (Å²) in [5.74, 6) is 0.373. The summed E-state index contributed by atoms with van der Waals surface area (Å²) in [5.41, 5.74) is 11.6. The van der Waals surface area contributed by atoms with Gasteiger partial charge in [-0.1, -0.05) is 49.9 Å². The maximum absolute atomic E-state index is 13.2. The van der Waals surface area contributed by atoms with Crippen LogP contribution >= 0.6 is 0 Å². The van der Waals surface area contributed by atoms with Crippen molar-refractivity contribution in [3.05, 3.63) is 77.0 Å². The van der Waals surface area contributed by atoms with Crippen LogP contribution < -0.4 is 16.7 Å². The van der Waals surface area contributed by atoms with Crippen molar-refractivity contribution < 1.29 is 14.7 Å². The molecule has 2 saturated heterocycles. The number of benzene rings is 2. The molecule has 1 atom stereocenters. The highest BCUT2D eigenvalue weighted by Crippen LogP contribution is 2.32. The van der Waals surface area contributed by atoms with E-state index in [0.29, 0.717) is 29.4 Å². The quantitative estimate of drug-likeness (QED) is 0.103. The number of piperidine rings is 2. The van der Waals surface area contributed by atoms with E-state index in [1.54, 1.807) is 28.3 Å². The van der Waals surface area contributed by atoms with Gasteiger partial charge in [0.25, 0.3) is 0 Å². The number of aromatic hydroxyl groups is 1. The number of para-hydroxylation sites is 2. The van der Waals surface area contributed by atoms with Crippen LogP contribution in [-0.2, 0) is 29.6 Å². The fourth-order valence-electron chi connectivity index (χ4n) is 8.02. The van der Waals surface area contributed by atoms with Crippen LogP contribution in [0.15, 0.2) is 65.7 Å². The third kappa shape index (κ3) is 8.04. The molecule has 2 aromatic carbocycles. The van der Waals surface area contributed by atoms with Gasteiger partial charge in [0.2, 0.25) is 11.8 Å². The van der Waals surface area contributed by atoms with Gasteiger partial charge in [-0.05, 0) is 93.9 Å². The molecule has 13 nitrogen and oxygen atoms in total. The summed E-state index contributed by atoms with van der Waals surface area (Å²) >= 11 is 0. The summed E-state index contributed by atoms with van der Waals surface area (Å²) in [4.78, 5) is 40.0. The predicted octanol–water partition coefficient (Wildman–Crippen LogP) is 5.22. The first kappa shape index (κ1) is 36.1. The first-order valence-corrected chi connectivity index (χ1v) is 19.0. The minimum absolute atomic E-state index is 0.149. The number of phenolic OH excluding ortho intramolecular Hbond substituents is 1. The Kier molecular flexibility index (Phi) is 11.0. The molecule has 0 aliphatic carbocycles. The Morgan fingerprint density at radius 3 is 2.47 bits per heavy atom. The highest BCUT2D eigenvalue weighted by molar-refractivity contribution is 6.00. The van der Waals surface area contributed by atoms with Gasteiger partial charge in [0.05, 0.1) is 22.9 Å². The van der Waals surface area contributed by atoms with E-state index in [0.717, 1.165) is 86.0 Å². The second kappa shape index (κ2) is 16.2. The normalized spacial score (nSPS) is 17.1. The number of hydrogen-bond acceptors (Lipinski definition) is 9.